The number of phosphoric ester groups is 1. The minimum Gasteiger partial charge on any atom is -0.457 e. The van der Waals surface area contributed by atoms with Crippen LogP contribution in [0.15, 0.2) is 85.1 Å². The molecule has 0 fully saturated rings. The summed E-state index contributed by atoms with van der Waals surface area (Å²) in [5, 5.41) is 0. The predicted octanol–water partition coefficient (Wildman–Crippen LogP) is 15.6. The molecular weight excluding hydrogens is 806 g/mol. The van der Waals surface area contributed by atoms with E-state index in [2.05, 4.69) is 98.9 Å². The van der Waals surface area contributed by atoms with Crippen LogP contribution in [0.1, 0.15) is 194 Å². The van der Waals surface area contributed by atoms with Crippen molar-refractivity contribution in [2.24, 2.45) is 0 Å². The van der Waals surface area contributed by atoms with E-state index in [0.29, 0.717) is 17.6 Å². The molecule has 0 radical (unpaired) electrons. The van der Waals surface area contributed by atoms with Crippen molar-refractivity contribution in [3.05, 3.63) is 85.1 Å². The summed E-state index contributed by atoms with van der Waals surface area (Å²) >= 11 is 0. The zero-order valence-electron chi connectivity index (χ0n) is 41.3. The van der Waals surface area contributed by atoms with Gasteiger partial charge < -0.3 is 18.9 Å². The lowest BCUT2D eigenvalue weighted by atomic mass is 10.0. The molecule has 0 aromatic rings. The molecule has 2 atom stereocenters. The molecule has 0 aromatic carbocycles. The second-order valence-corrected chi connectivity index (χ2v) is 19.3. The van der Waals surface area contributed by atoms with E-state index in [0.717, 1.165) is 83.5 Å². The van der Waals surface area contributed by atoms with Crippen LogP contribution < -0.4 is 0 Å². The van der Waals surface area contributed by atoms with Gasteiger partial charge in [0.1, 0.15) is 19.3 Å². The summed E-state index contributed by atoms with van der Waals surface area (Å²) in [6.07, 6.45) is 62.0. The lowest BCUT2D eigenvalue weighted by molar-refractivity contribution is -0.870. The number of hydrogen-bond donors (Lipinski definition) is 1. The number of esters is 1. The highest BCUT2D eigenvalue weighted by atomic mass is 31.2. The third kappa shape index (κ3) is 50.5. The van der Waals surface area contributed by atoms with Crippen LogP contribution in [0.2, 0.25) is 0 Å². The van der Waals surface area contributed by atoms with Crippen molar-refractivity contribution in [3.63, 3.8) is 0 Å². The molecule has 9 heteroatoms. The van der Waals surface area contributed by atoms with Crippen LogP contribution in [0.4, 0.5) is 0 Å². The number of nitrogens with zero attached hydrogens (tertiary/aromatic N) is 1. The number of likely N-dealkylation sites (N-methyl/N-ethyl adjacent to an activating group) is 1. The van der Waals surface area contributed by atoms with Crippen LogP contribution in [0.3, 0.4) is 0 Å². The molecule has 0 heterocycles. The lowest BCUT2D eigenvalue weighted by Gasteiger charge is -2.24. The molecule has 1 N–H and O–H groups in total. The van der Waals surface area contributed by atoms with Crippen LogP contribution in [-0.2, 0) is 27.9 Å². The predicted molar refractivity (Wildman–Crippen MR) is 270 cm³/mol. The van der Waals surface area contributed by atoms with Crippen molar-refractivity contribution < 1.29 is 37.3 Å². The molecule has 0 saturated heterocycles. The summed E-state index contributed by atoms with van der Waals surface area (Å²) in [5.41, 5.74) is 0. The zero-order chi connectivity index (χ0) is 46.2. The third-order valence-electron chi connectivity index (χ3n) is 10.5. The minimum absolute atomic E-state index is 0.0786. The van der Waals surface area contributed by atoms with Crippen LogP contribution >= 0.6 is 7.82 Å². The maximum absolute atomic E-state index is 12.7. The Kier molecular flexibility index (Phi) is 44.5. The van der Waals surface area contributed by atoms with Gasteiger partial charge in [0.15, 0.2) is 0 Å². The Hall–Kier alpha value is -2.32. The first-order chi connectivity index (χ1) is 30.6. The highest BCUT2D eigenvalue weighted by Crippen LogP contribution is 2.43. The first-order valence-corrected chi connectivity index (χ1v) is 26.8. The van der Waals surface area contributed by atoms with Crippen molar-refractivity contribution >= 4 is 13.8 Å². The second-order valence-electron chi connectivity index (χ2n) is 17.8. The lowest BCUT2D eigenvalue weighted by Crippen LogP contribution is -2.37. The van der Waals surface area contributed by atoms with E-state index in [4.69, 9.17) is 18.5 Å². The average molecular weight is 903 g/mol. The molecule has 0 aliphatic carbocycles. The fourth-order valence-electron chi connectivity index (χ4n) is 6.59. The van der Waals surface area contributed by atoms with E-state index in [-0.39, 0.29) is 32.2 Å². The van der Waals surface area contributed by atoms with E-state index < -0.39 is 13.9 Å². The molecule has 0 aliphatic heterocycles. The number of quaternary nitrogens is 1. The molecule has 0 aromatic heterocycles. The van der Waals surface area contributed by atoms with Gasteiger partial charge in [0.05, 0.1) is 34.4 Å². The van der Waals surface area contributed by atoms with Gasteiger partial charge in [0.25, 0.3) is 0 Å². The summed E-state index contributed by atoms with van der Waals surface area (Å²) < 4.78 is 35.1. The monoisotopic (exact) mass is 903 g/mol. The van der Waals surface area contributed by atoms with Gasteiger partial charge in [-0.3, -0.25) is 13.8 Å². The van der Waals surface area contributed by atoms with Crippen molar-refractivity contribution in [3.8, 4) is 0 Å². The molecule has 2 unspecified atom stereocenters. The molecule has 8 nitrogen and oxygen atoms in total. The first-order valence-electron chi connectivity index (χ1n) is 25.3. The highest BCUT2D eigenvalue weighted by Gasteiger charge is 2.26. The van der Waals surface area contributed by atoms with Gasteiger partial charge in [-0.05, 0) is 70.6 Å². The quantitative estimate of drug-likeness (QED) is 0.0214. The van der Waals surface area contributed by atoms with Gasteiger partial charge in [0.2, 0.25) is 0 Å². The van der Waals surface area contributed by atoms with Gasteiger partial charge in [-0.2, -0.15) is 0 Å². The topological polar surface area (TPSA) is 91.3 Å². The summed E-state index contributed by atoms with van der Waals surface area (Å²) in [6.45, 7) is 5.47. The Balaban J connectivity index is 4.25. The summed E-state index contributed by atoms with van der Waals surface area (Å²) in [5.74, 6) is -0.346. The molecule has 63 heavy (non-hydrogen) atoms. The van der Waals surface area contributed by atoms with Gasteiger partial charge in [-0.1, -0.05) is 202 Å². The van der Waals surface area contributed by atoms with Crippen LogP contribution in [0.25, 0.3) is 0 Å². The molecule has 0 bridgehead atoms. The Morgan fingerprint density at radius 2 is 0.921 bits per heavy atom. The van der Waals surface area contributed by atoms with E-state index in [1.807, 2.05) is 21.1 Å². The summed E-state index contributed by atoms with van der Waals surface area (Å²) in [4.78, 5) is 23.0. The number of rotatable bonds is 46. The molecule has 0 rings (SSSR count). The van der Waals surface area contributed by atoms with Crippen LogP contribution in [-0.4, -0.2) is 75.6 Å². The molecule has 0 saturated carbocycles. The number of hydrogen-bond acceptors (Lipinski definition) is 6. The van der Waals surface area contributed by atoms with Crippen molar-refractivity contribution in [1.82, 2.24) is 0 Å². The first kappa shape index (κ1) is 60.7. The largest absolute Gasteiger partial charge is 0.472 e. The molecule has 0 spiro atoms. The number of allylic oxidation sites excluding steroid dienone is 14. The van der Waals surface area contributed by atoms with Gasteiger partial charge in [-0.15, -0.1) is 0 Å². The Bertz CT molecular complexity index is 1280. The summed E-state index contributed by atoms with van der Waals surface area (Å²) in [6, 6.07) is 0. The zero-order valence-corrected chi connectivity index (χ0v) is 42.2. The highest BCUT2D eigenvalue weighted by molar-refractivity contribution is 7.47. The van der Waals surface area contributed by atoms with Gasteiger partial charge in [0, 0.05) is 13.0 Å². The number of ether oxygens (including phenoxy) is 2. The molecule has 0 amide bonds. The van der Waals surface area contributed by atoms with Crippen LogP contribution in [0, 0.1) is 0 Å². The van der Waals surface area contributed by atoms with Gasteiger partial charge >= 0.3 is 13.8 Å². The van der Waals surface area contributed by atoms with Crippen LogP contribution in [0.5, 0.6) is 0 Å². The Morgan fingerprint density at radius 3 is 1.37 bits per heavy atom. The second kappa shape index (κ2) is 46.2. The maximum atomic E-state index is 12.7. The van der Waals surface area contributed by atoms with Crippen molar-refractivity contribution in [2.45, 2.75) is 200 Å². The summed E-state index contributed by atoms with van der Waals surface area (Å²) in [7, 11) is 1.64. The van der Waals surface area contributed by atoms with E-state index in [9.17, 15) is 14.3 Å². The van der Waals surface area contributed by atoms with Crippen molar-refractivity contribution in [1.29, 1.82) is 0 Å². The van der Waals surface area contributed by atoms with Gasteiger partial charge in [-0.25, -0.2) is 4.57 Å². The number of unbranched alkanes of at least 4 members (excludes halogenated alkanes) is 18. The fraction of sp³-hybridized carbons (Fsp3) is 0.722. The number of phosphoric acid groups is 1. The Morgan fingerprint density at radius 1 is 0.508 bits per heavy atom. The average Bonchev–Trinajstić information content (AvgIpc) is 3.24. The maximum Gasteiger partial charge on any atom is 0.472 e. The van der Waals surface area contributed by atoms with E-state index >= 15 is 0 Å². The minimum atomic E-state index is -4.29. The van der Waals surface area contributed by atoms with E-state index in [1.54, 1.807) is 0 Å². The Labute approximate surface area is 388 Å². The van der Waals surface area contributed by atoms with E-state index in [1.165, 1.54) is 89.9 Å². The number of carbonyl (C=O) groups is 1. The fourth-order valence-corrected chi connectivity index (χ4v) is 7.33. The molecule has 364 valence electrons. The third-order valence-corrected chi connectivity index (χ3v) is 11.5. The SMILES string of the molecule is CC/C=C\C/C=C\C/C=C\C/C=C\C/C=C\C/C=C\C/C=C\CCCCCC(=O)OC(COCCCCCCCCCCCCCCCCCC)COP(=O)(O)OCC[N+](C)(C)C. The normalized spacial score (nSPS) is 14.3. The smallest absolute Gasteiger partial charge is 0.457 e. The molecular formula is C54H97NO7P+. The van der Waals surface area contributed by atoms with Crippen molar-refractivity contribution in [2.75, 3.05) is 54.1 Å². The standard InChI is InChI=1S/C54H96NO7P/c1-6-8-10-12-14-16-18-20-22-24-25-26-27-28-29-30-31-32-33-35-37-39-41-43-45-47-54(56)62-53(52-61-63(57,58)60-50-48-55(3,4)5)51-59-49-46-44-42-40-38-36-34-23-21-19-17-15-13-11-9-7-2/h8,10,14,16,20,22,25-26,28-29,31-32,35,37,53H,6-7,9,11-13,15,17-19,21,23-24,27,30,33-34,36,38-52H2,1-5H3/p+1/b10-8-,16-14-,22-20-,26-25-,29-28-,32-31-,37-35-. The number of carbonyl (C=O) groups excluding carboxylic acids is 1. The molecule has 0 aliphatic rings.